The number of hydrogen-bond donors (Lipinski definition) is 5. The van der Waals surface area contributed by atoms with E-state index in [-0.39, 0.29) is 18.7 Å². The van der Waals surface area contributed by atoms with E-state index in [2.05, 4.69) is 11.9 Å². The Morgan fingerprint density at radius 1 is 1.00 bits per heavy atom. The van der Waals surface area contributed by atoms with Crippen molar-refractivity contribution in [2.24, 2.45) is 0 Å². The molecule has 2 aliphatic rings. The highest BCUT2D eigenvalue weighted by Crippen LogP contribution is 2.36. The summed E-state index contributed by atoms with van der Waals surface area (Å²) in [5.41, 5.74) is 0.820. The van der Waals surface area contributed by atoms with Gasteiger partial charge in [0.2, 0.25) is 0 Å². The van der Waals surface area contributed by atoms with E-state index < -0.39 is 30.1 Å². The molecule has 31 heavy (non-hydrogen) atoms. The lowest BCUT2D eigenvalue weighted by atomic mass is 9.98. The maximum absolute atomic E-state index is 12.4. The van der Waals surface area contributed by atoms with Crippen molar-refractivity contribution >= 4 is 17.9 Å². The van der Waals surface area contributed by atoms with Crippen molar-refractivity contribution in [3.8, 4) is 0 Å². The molecule has 0 amide bonds. The molecule has 2 saturated heterocycles. The summed E-state index contributed by atoms with van der Waals surface area (Å²) in [6.45, 7) is -0.206. The van der Waals surface area contributed by atoms with Gasteiger partial charge in [-0.1, -0.05) is 30.3 Å². The third kappa shape index (κ3) is 6.47. The maximum atomic E-state index is 12.4. The van der Waals surface area contributed by atoms with Gasteiger partial charge in [-0.25, -0.2) is 9.59 Å². The second-order valence-corrected chi connectivity index (χ2v) is 7.79. The van der Waals surface area contributed by atoms with Gasteiger partial charge in [0.05, 0.1) is 6.61 Å². The van der Waals surface area contributed by atoms with Gasteiger partial charge < -0.3 is 35.2 Å². The van der Waals surface area contributed by atoms with Gasteiger partial charge in [0.15, 0.2) is 12.2 Å². The number of esters is 1. The summed E-state index contributed by atoms with van der Waals surface area (Å²) in [5.74, 6) is -4.40. The zero-order chi connectivity index (χ0) is 23.1. The van der Waals surface area contributed by atoms with Crippen molar-refractivity contribution in [1.82, 2.24) is 4.90 Å². The SMILES string of the molecule is CN1C2CCC1CC(OC(=O)C(CO)c1ccccc1)C2.O=C(O)C(O)C(O)C(=O)O. The minimum absolute atomic E-state index is 0.00367. The van der Waals surface area contributed by atoms with Gasteiger partial charge in [-0.3, -0.25) is 4.79 Å². The first kappa shape index (κ1) is 24.7. The van der Waals surface area contributed by atoms with Crippen LogP contribution in [0, 0.1) is 0 Å². The number of carbonyl (C=O) groups is 3. The standard InChI is InChI=1S/C17H23NO3.C4H6O6/c1-18-13-7-8-14(18)10-15(9-13)21-17(20)16(11-19)12-5-3-2-4-6-12;5-1(3(7)8)2(6)4(9)10/h2-6,13-16,19H,7-11H2,1H3;1-2,5-6H,(H,7,8)(H,9,10). The van der Waals surface area contributed by atoms with E-state index in [4.69, 9.17) is 25.2 Å². The van der Waals surface area contributed by atoms with Crippen molar-refractivity contribution in [3.05, 3.63) is 35.9 Å². The summed E-state index contributed by atoms with van der Waals surface area (Å²) in [4.78, 5) is 34.3. The lowest BCUT2D eigenvalue weighted by Gasteiger charge is -2.36. The van der Waals surface area contributed by atoms with Gasteiger partial charge in [0.1, 0.15) is 12.0 Å². The molecule has 1 aromatic carbocycles. The Labute approximate surface area is 179 Å². The Hall–Kier alpha value is -2.53. The first-order valence-corrected chi connectivity index (χ1v) is 10.1. The van der Waals surface area contributed by atoms with Crippen molar-refractivity contribution in [3.63, 3.8) is 0 Å². The average Bonchev–Trinajstić information content (AvgIpc) is 2.94. The Balaban J connectivity index is 0.000000291. The molecule has 1 aromatic rings. The Morgan fingerprint density at radius 2 is 1.48 bits per heavy atom. The Morgan fingerprint density at radius 3 is 1.90 bits per heavy atom. The smallest absolute Gasteiger partial charge is 0.335 e. The fraction of sp³-hybridized carbons (Fsp3) is 0.571. The van der Waals surface area contributed by atoms with E-state index in [1.807, 2.05) is 30.3 Å². The molecule has 2 aliphatic heterocycles. The molecule has 172 valence electrons. The number of fused-ring (bicyclic) bond motifs is 2. The zero-order valence-corrected chi connectivity index (χ0v) is 17.2. The van der Waals surface area contributed by atoms with Crippen LogP contribution in [0.4, 0.5) is 0 Å². The monoisotopic (exact) mass is 439 g/mol. The summed E-state index contributed by atoms with van der Waals surface area (Å²) in [6, 6.07) is 10.5. The topological polar surface area (TPSA) is 165 Å². The van der Waals surface area contributed by atoms with E-state index >= 15 is 0 Å². The van der Waals surface area contributed by atoms with E-state index in [1.54, 1.807) is 0 Å². The van der Waals surface area contributed by atoms with Gasteiger partial charge >= 0.3 is 17.9 Å². The molecule has 10 nitrogen and oxygen atoms in total. The lowest BCUT2D eigenvalue weighted by molar-refractivity contribution is -0.165. The maximum Gasteiger partial charge on any atom is 0.335 e. The van der Waals surface area contributed by atoms with E-state index in [9.17, 15) is 19.5 Å². The molecule has 0 aromatic heterocycles. The van der Waals surface area contributed by atoms with E-state index in [1.165, 1.54) is 12.8 Å². The third-order valence-corrected chi connectivity index (χ3v) is 5.81. The number of aliphatic hydroxyl groups is 3. The van der Waals surface area contributed by atoms with Gasteiger partial charge in [-0.15, -0.1) is 0 Å². The van der Waals surface area contributed by atoms with Crippen LogP contribution in [0.25, 0.3) is 0 Å². The van der Waals surface area contributed by atoms with Crippen LogP contribution >= 0.6 is 0 Å². The minimum atomic E-state index is -2.27. The second kappa shape index (κ2) is 11.2. The molecular weight excluding hydrogens is 410 g/mol. The zero-order valence-electron chi connectivity index (χ0n) is 17.2. The van der Waals surface area contributed by atoms with Crippen molar-refractivity contribution in [2.45, 2.75) is 62.0 Å². The molecule has 5 unspecified atom stereocenters. The molecule has 0 aliphatic carbocycles. The van der Waals surface area contributed by atoms with Crippen LogP contribution in [0.2, 0.25) is 0 Å². The molecular formula is C21H29NO9. The first-order valence-electron chi connectivity index (χ1n) is 10.1. The first-order chi connectivity index (χ1) is 14.6. The quantitative estimate of drug-likeness (QED) is 0.360. The van der Waals surface area contributed by atoms with Gasteiger partial charge in [-0.05, 0) is 38.3 Å². The van der Waals surface area contributed by atoms with Crippen LogP contribution in [-0.4, -0.2) is 92.4 Å². The van der Waals surface area contributed by atoms with Gasteiger partial charge in [0, 0.05) is 12.1 Å². The number of aliphatic hydroxyl groups excluding tert-OH is 3. The summed E-state index contributed by atoms with van der Waals surface area (Å²) in [7, 11) is 2.17. The average molecular weight is 439 g/mol. The molecule has 10 heteroatoms. The second-order valence-electron chi connectivity index (χ2n) is 7.79. The van der Waals surface area contributed by atoms with E-state index in [0.29, 0.717) is 12.1 Å². The number of ether oxygens (including phenoxy) is 1. The highest BCUT2D eigenvalue weighted by atomic mass is 16.5. The fourth-order valence-electron chi connectivity index (χ4n) is 3.98. The van der Waals surface area contributed by atoms with Crippen LogP contribution in [-0.2, 0) is 19.1 Å². The molecule has 2 fully saturated rings. The van der Waals surface area contributed by atoms with Crippen molar-refractivity contribution in [2.75, 3.05) is 13.7 Å². The number of benzene rings is 1. The Bertz CT molecular complexity index is 724. The summed E-state index contributed by atoms with van der Waals surface area (Å²) >= 11 is 0. The molecule has 2 heterocycles. The third-order valence-electron chi connectivity index (χ3n) is 5.81. The molecule has 0 radical (unpaired) electrons. The molecule has 3 rings (SSSR count). The highest BCUT2D eigenvalue weighted by Gasteiger charge is 2.40. The normalized spacial score (nSPS) is 25.5. The number of aliphatic carboxylic acids is 2. The molecule has 5 N–H and O–H groups in total. The fourth-order valence-corrected chi connectivity index (χ4v) is 3.98. The minimum Gasteiger partial charge on any atom is -0.479 e. The number of rotatable bonds is 7. The number of hydrogen-bond acceptors (Lipinski definition) is 8. The summed E-state index contributed by atoms with van der Waals surface area (Å²) in [5, 5.41) is 42.1. The lowest BCUT2D eigenvalue weighted by Crippen LogP contribution is -2.43. The van der Waals surface area contributed by atoms with Crippen LogP contribution in [0.3, 0.4) is 0 Å². The van der Waals surface area contributed by atoms with Crippen molar-refractivity contribution in [1.29, 1.82) is 0 Å². The number of carboxylic acid groups (broad SMARTS) is 2. The summed E-state index contributed by atoms with van der Waals surface area (Å²) < 4.78 is 5.70. The highest BCUT2D eigenvalue weighted by molar-refractivity contribution is 5.83. The predicted octanol–water partition coefficient (Wildman–Crippen LogP) is -0.192. The predicted molar refractivity (Wildman–Crippen MR) is 107 cm³/mol. The number of nitrogens with zero attached hydrogens (tertiary/aromatic N) is 1. The van der Waals surface area contributed by atoms with Crippen LogP contribution < -0.4 is 0 Å². The molecule has 5 atom stereocenters. The van der Waals surface area contributed by atoms with Crippen LogP contribution in [0.15, 0.2) is 30.3 Å². The molecule has 0 spiro atoms. The number of piperidine rings is 1. The molecule has 0 saturated carbocycles. The van der Waals surface area contributed by atoms with Gasteiger partial charge in [-0.2, -0.15) is 0 Å². The van der Waals surface area contributed by atoms with Crippen molar-refractivity contribution < 1.29 is 44.7 Å². The molecule has 2 bridgehead atoms. The Kier molecular flexibility index (Phi) is 8.93. The van der Waals surface area contributed by atoms with Gasteiger partial charge in [0.25, 0.3) is 0 Å². The number of carboxylic acids is 2. The number of carbonyl (C=O) groups excluding carboxylic acids is 1. The van der Waals surface area contributed by atoms with Crippen LogP contribution in [0.5, 0.6) is 0 Å². The summed E-state index contributed by atoms with van der Waals surface area (Å²) in [6.07, 6.45) is -0.273. The largest absolute Gasteiger partial charge is 0.479 e. The van der Waals surface area contributed by atoms with E-state index in [0.717, 1.165) is 18.4 Å². The van der Waals surface area contributed by atoms with Crippen LogP contribution in [0.1, 0.15) is 37.2 Å².